The van der Waals surface area contributed by atoms with Gasteiger partial charge in [-0.25, -0.2) is 4.39 Å². The molecule has 0 radical (unpaired) electrons. The molecule has 1 unspecified atom stereocenters. The monoisotopic (exact) mass is 377 g/mol. The van der Waals surface area contributed by atoms with Gasteiger partial charge in [-0.1, -0.05) is 23.7 Å². The standard InChI is InChI=1S/C14H8ClF8N/c1-2-5-11(16,9-4-3-8(7-24)10(15)6-9)12(17,18)13(19,20)14(21,22)23/h2-4,6H,1,5H2. The summed E-state index contributed by atoms with van der Waals surface area (Å²) in [5, 5.41) is 8.07. The van der Waals surface area contributed by atoms with Gasteiger partial charge in [-0.2, -0.15) is 36.0 Å². The molecule has 0 heterocycles. The second-order valence-corrected chi connectivity index (χ2v) is 5.15. The van der Waals surface area contributed by atoms with Crippen LogP contribution in [0.15, 0.2) is 30.9 Å². The van der Waals surface area contributed by atoms with E-state index in [1.807, 2.05) is 0 Å². The fraction of sp³-hybridized carbons (Fsp3) is 0.357. The average Bonchev–Trinajstić information content (AvgIpc) is 2.45. The lowest BCUT2D eigenvalue weighted by atomic mass is 9.82. The second kappa shape index (κ2) is 6.24. The maximum absolute atomic E-state index is 14.8. The van der Waals surface area contributed by atoms with Crippen molar-refractivity contribution in [2.45, 2.75) is 30.1 Å². The number of benzene rings is 1. The van der Waals surface area contributed by atoms with Crippen molar-refractivity contribution in [2.75, 3.05) is 0 Å². The third-order valence-corrected chi connectivity index (χ3v) is 3.53. The number of alkyl halides is 8. The summed E-state index contributed by atoms with van der Waals surface area (Å²) >= 11 is 5.52. The third kappa shape index (κ3) is 2.95. The van der Waals surface area contributed by atoms with Crippen LogP contribution in [0.2, 0.25) is 5.02 Å². The van der Waals surface area contributed by atoms with Crippen molar-refractivity contribution in [2.24, 2.45) is 0 Å². The Morgan fingerprint density at radius 3 is 1.96 bits per heavy atom. The molecule has 132 valence electrons. The maximum Gasteiger partial charge on any atom is 0.460 e. The Hall–Kier alpha value is -1.82. The lowest BCUT2D eigenvalue weighted by molar-refractivity contribution is -0.382. The molecule has 0 N–H and O–H groups in total. The molecule has 0 bridgehead atoms. The van der Waals surface area contributed by atoms with E-state index in [1.54, 1.807) is 0 Å². The lowest BCUT2D eigenvalue weighted by Gasteiger charge is -2.38. The van der Waals surface area contributed by atoms with Crippen molar-refractivity contribution in [3.05, 3.63) is 47.0 Å². The number of hydrogen-bond acceptors (Lipinski definition) is 1. The molecular weight excluding hydrogens is 370 g/mol. The Labute approximate surface area is 136 Å². The highest BCUT2D eigenvalue weighted by Crippen LogP contribution is 2.57. The lowest BCUT2D eigenvalue weighted by Crippen LogP contribution is -2.60. The zero-order valence-corrected chi connectivity index (χ0v) is 12.3. The minimum Gasteiger partial charge on any atom is -0.231 e. The van der Waals surface area contributed by atoms with Gasteiger partial charge in [0.2, 0.25) is 5.67 Å². The molecular formula is C14H8ClF8N. The largest absolute Gasteiger partial charge is 0.460 e. The van der Waals surface area contributed by atoms with Gasteiger partial charge in [-0.05, 0) is 17.7 Å². The van der Waals surface area contributed by atoms with Crippen LogP contribution in [0, 0.1) is 11.3 Å². The van der Waals surface area contributed by atoms with Crippen molar-refractivity contribution < 1.29 is 35.1 Å². The van der Waals surface area contributed by atoms with Crippen LogP contribution >= 0.6 is 11.6 Å². The highest BCUT2D eigenvalue weighted by molar-refractivity contribution is 6.31. The predicted molar refractivity (Wildman–Crippen MR) is 69.7 cm³/mol. The molecule has 10 heteroatoms. The molecule has 1 rings (SSSR count). The molecule has 24 heavy (non-hydrogen) atoms. The van der Waals surface area contributed by atoms with E-state index in [9.17, 15) is 35.1 Å². The molecule has 0 aliphatic carbocycles. The number of rotatable bonds is 5. The van der Waals surface area contributed by atoms with E-state index >= 15 is 0 Å². The van der Waals surface area contributed by atoms with Crippen LogP contribution in [0.1, 0.15) is 17.5 Å². The first-order chi connectivity index (χ1) is 10.8. The van der Waals surface area contributed by atoms with Crippen LogP contribution in [0.25, 0.3) is 0 Å². The molecule has 1 nitrogen and oxygen atoms in total. The quantitative estimate of drug-likeness (QED) is 0.471. The number of hydrogen-bond donors (Lipinski definition) is 0. The van der Waals surface area contributed by atoms with Gasteiger partial charge in [0.05, 0.1) is 10.6 Å². The van der Waals surface area contributed by atoms with Crippen molar-refractivity contribution in [3.63, 3.8) is 0 Å². The Morgan fingerprint density at radius 1 is 1.04 bits per heavy atom. The number of nitrogens with zero attached hydrogens (tertiary/aromatic N) is 1. The van der Waals surface area contributed by atoms with Gasteiger partial charge in [0.1, 0.15) is 6.07 Å². The van der Waals surface area contributed by atoms with E-state index < -0.39 is 40.7 Å². The zero-order chi connectivity index (χ0) is 19.0. The van der Waals surface area contributed by atoms with Gasteiger partial charge in [-0.3, -0.25) is 0 Å². The summed E-state index contributed by atoms with van der Waals surface area (Å²) in [7, 11) is 0. The first-order valence-electron chi connectivity index (χ1n) is 6.08. The summed E-state index contributed by atoms with van der Waals surface area (Å²) in [5.74, 6) is -12.8. The summed E-state index contributed by atoms with van der Waals surface area (Å²) in [6, 6.07) is 3.14. The number of allylic oxidation sites excluding steroid dienone is 1. The highest BCUT2D eigenvalue weighted by atomic mass is 35.5. The minimum atomic E-state index is -6.69. The minimum absolute atomic E-state index is 0.299. The van der Waals surface area contributed by atoms with E-state index in [2.05, 4.69) is 6.58 Å². The topological polar surface area (TPSA) is 23.8 Å². The molecule has 1 aromatic carbocycles. The average molecular weight is 378 g/mol. The Kier molecular flexibility index (Phi) is 5.26. The van der Waals surface area contributed by atoms with Gasteiger partial charge in [-0.15, -0.1) is 6.58 Å². The maximum atomic E-state index is 14.8. The van der Waals surface area contributed by atoms with E-state index in [0.29, 0.717) is 18.2 Å². The van der Waals surface area contributed by atoms with Crippen LogP contribution in [0.5, 0.6) is 0 Å². The second-order valence-electron chi connectivity index (χ2n) is 4.75. The van der Waals surface area contributed by atoms with E-state index in [1.165, 1.54) is 6.07 Å². The highest BCUT2D eigenvalue weighted by Gasteiger charge is 2.80. The van der Waals surface area contributed by atoms with Gasteiger partial charge in [0, 0.05) is 6.42 Å². The molecule has 1 aromatic rings. The Bertz CT molecular complexity index is 676. The van der Waals surface area contributed by atoms with E-state index in [-0.39, 0.29) is 5.56 Å². The van der Waals surface area contributed by atoms with Crippen LogP contribution in [-0.2, 0) is 5.67 Å². The van der Waals surface area contributed by atoms with Gasteiger partial charge >= 0.3 is 18.0 Å². The predicted octanol–water partition coefficient (Wildman–Crippen LogP) is 5.79. The fourth-order valence-corrected chi connectivity index (χ4v) is 2.13. The first kappa shape index (κ1) is 20.2. The van der Waals surface area contributed by atoms with Crippen LogP contribution in [0.4, 0.5) is 35.1 Å². The molecule has 0 saturated carbocycles. The van der Waals surface area contributed by atoms with Crippen molar-refractivity contribution in [1.82, 2.24) is 0 Å². The third-order valence-electron chi connectivity index (χ3n) is 3.22. The molecule has 0 aliphatic heterocycles. The molecule has 1 atom stereocenters. The molecule has 0 spiro atoms. The molecule has 0 amide bonds. The molecule has 0 fully saturated rings. The SMILES string of the molecule is C=CCC(F)(c1ccc(C#N)c(Cl)c1)C(F)(F)C(F)(F)C(F)(F)F. The zero-order valence-electron chi connectivity index (χ0n) is 11.6. The van der Waals surface area contributed by atoms with Crippen molar-refractivity contribution in [3.8, 4) is 6.07 Å². The van der Waals surface area contributed by atoms with E-state index in [0.717, 1.165) is 6.07 Å². The summed E-state index contributed by atoms with van der Waals surface area (Å²) < 4.78 is 106. The van der Waals surface area contributed by atoms with Gasteiger partial charge in [0.25, 0.3) is 0 Å². The fourth-order valence-electron chi connectivity index (χ4n) is 1.91. The molecule has 0 aromatic heterocycles. The normalized spacial score (nSPS) is 15.5. The summed E-state index contributed by atoms with van der Waals surface area (Å²) in [5.41, 5.74) is -5.99. The van der Waals surface area contributed by atoms with Crippen molar-refractivity contribution in [1.29, 1.82) is 5.26 Å². The van der Waals surface area contributed by atoms with Crippen LogP contribution in [-0.4, -0.2) is 18.0 Å². The van der Waals surface area contributed by atoms with Gasteiger partial charge < -0.3 is 0 Å². The molecule has 0 saturated heterocycles. The summed E-state index contributed by atoms with van der Waals surface area (Å²) in [6.45, 7) is 2.90. The Morgan fingerprint density at radius 2 is 1.58 bits per heavy atom. The van der Waals surface area contributed by atoms with Crippen LogP contribution in [0.3, 0.4) is 0 Å². The molecule has 0 aliphatic rings. The summed E-state index contributed by atoms with van der Waals surface area (Å²) in [6.07, 6.45) is -7.80. The van der Waals surface area contributed by atoms with Crippen LogP contribution < -0.4 is 0 Å². The first-order valence-corrected chi connectivity index (χ1v) is 6.46. The summed E-state index contributed by atoms with van der Waals surface area (Å²) in [4.78, 5) is 0. The van der Waals surface area contributed by atoms with E-state index in [4.69, 9.17) is 16.9 Å². The smallest absolute Gasteiger partial charge is 0.231 e. The number of nitriles is 1. The van der Waals surface area contributed by atoms with Crippen molar-refractivity contribution >= 4 is 11.6 Å². The number of halogens is 9. The Balaban J connectivity index is 3.63. The van der Waals surface area contributed by atoms with Gasteiger partial charge in [0.15, 0.2) is 0 Å².